The third kappa shape index (κ3) is 4.91. The zero-order valence-electron chi connectivity index (χ0n) is 8.84. The van der Waals surface area contributed by atoms with Crippen molar-refractivity contribution in [2.75, 3.05) is 23.9 Å². The first kappa shape index (κ1) is 14.2. The van der Waals surface area contributed by atoms with Crippen LogP contribution in [0.2, 0.25) is 5.15 Å². The molecule has 1 N–H and O–H groups in total. The summed E-state index contributed by atoms with van der Waals surface area (Å²) in [5, 5.41) is 2.40. The lowest BCUT2D eigenvalue weighted by molar-refractivity contribution is -0.137. The van der Waals surface area contributed by atoms with Crippen LogP contribution in [0.1, 0.15) is 5.56 Å². The fourth-order valence-electron chi connectivity index (χ4n) is 1.07. The Morgan fingerprint density at radius 2 is 2.12 bits per heavy atom. The van der Waals surface area contributed by atoms with Gasteiger partial charge in [-0.05, 0) is 12.1 Å². The molecule has 0 aliphatic heterocycles. The summed E-state index contributed by atoms with van der Waals surface area (Å²) in [5.74, 6) is 0.352. The summed E-state index contributed by atoms with van der Waals surface area (Å²) < 4.78 is 48.1. The largest absolute Gasteiger partial charge is 0.416 e. The van der Waals surface area contributed by atoms with E-state index in [1.807, 2.05) is 0 Å². The highest BCUT2D eigenvalue weighted by Crippen LogP contribution is 2.31. The van der Waals surface area contributed by atoms with E-state index in [9.17, 15) is 17.4 Å². The maximum absolute atomic E-state index is 12.4. The summed E-state index contributed by atoms with van der Waals surface area (Å²) in [6.07, 6.45) is -2.95. The Balaban J connectivity index is 2.79. The number of rotatable bonds is 4. The molecular weight excluding hydrogens is 277 g/mol. The van der Waals surface area contributed by atoms with Gasteiger partial charge in [-0.1, -0.05) is 11.6 Å². The molecule has 0 radical (unpaired) electrons. The van der Waals surface area contributed by atoms with Gasteiger partial charge in [0.2, 0.25) is 0 Å². The molecule has 1 unspecified atom stereocenters. The zero-order valence-corrected chi connectivity index (χ0v) is 10.4. The molecule has 3 nitrogen and oxygen atoms in total. The Morgan fingerprint density at radius 1 is 1.47 bits per heavy atom. The van der Waals surface area contributed by atoms with E-state index in [1.165, 1.54) is 6.26 Å². The van der Waals surface area contributed by atoms with E-state index in [0.717, 1.165) is 12.1 Å². The van der Waals surface area contributed by atoms with Gasteiger partial charge in [0.1, 0.15) is 11.0 Å². The maximum Gasteiger partial charge on any atom is 0.416 e. The molecule has 1 aromatic heterocycles. The van der Waals surface area contributed by atoms with Crippen molar-refractivity contribution in [2.45, 2.75) is 6.18 Å². The number of hydrogen-bond acceptors (Lipinski definition) is 3. The predicted molar refractivity (Wildman–Crippen MR) is 61.7 cm³/mol. The normalized spacial score (nSPS) is 13.5. The van der Waals surface area contributed by atoms with Crippen molar-refractivity contribution >= 4 is 28.2 Å². The molecule has 0 saturated heterocycles. The molecule has 0 bridgehead atoms. The molecule has 1 rings (SSSR count). The molecule has 0 amide bonds. The predicted octanol–water partition coefficient (Wildman–Crippen LogP) is 2.54. The van der Waals surface area contributed by atoms with Gasteiger partial charge < -0.3 is 5.32 Å². The van der Waals surface area contributed by atoms with Gasteiger partial charge in [0.25, 0.3) is 0 Å². The molecule has 1 atom stereocenters. The van der Waals surface area contributed by atoms with Gasteiger partial charge in [-0.15, -0.1) is 0 Å². The van der Waals surface area contributed by atoms with E-state index in [0.29, 0.717) is 5.75 Å². The molecular formula is C9H10ClF3N2OS. The van der Waals surface area contributed by atoms with E-state index in [1.54, 1.807) is 0 Å². The summed E-state index contributed by atoms with van der Waals surface area (Å²) >= 11 is 5.49. The van der Waals surface area contributed by atoms with E-state index in [-0.39, 0.29) is 17.5 Å². The van der Waals surface area contributed by atoms with Crippen LogP contribution < -0.4 is 5.32 Å². The van der Waals surface area contributed by atoms with Crippen LogP contribution in [0.25, 0.3) is 0 Å². The van der Waals surface area contributed by atoms with Gasteiger partial charge in [0.05, 0.1) is 5.56 Å². The van der Waals surface area contributed by atoms with Crippen LogP contribution in [0.15, 0.2) is 12.1 Å². The van der Waals surface area contributed by atoms with Crippen molar-refractivity contribution in [2.24, 2.45) is 0 Å². The van der Waals surface area contributed by atoms with Gasteiger partial charge >= 0.3 is 6.18 Å². The number of nitrogens with one attached hydrogen (secondary N) is 1. The lowest BCUT2D eigenvalue weighted by Gasteiger charge is -2.10. The van der Waals surface area contributed by atoms with E-state index < -0.39 is 22.5 Å². The first-order valence-electron chi connectivity index (χ1n) is 4.57. The van der Waals surface area contributed by atoms with Crippen molar-refractivity contribution in [3.05, 3.63) is 22.8 Å². The van der Waals surface area contributed by atoms with Crippen molar-refractivity contribution < 1.29 is 17.4 Å². The first-order chi connectivity index (χ1) is 7.79. The highest BCUT2D eigenvalue weighted by molar-refractivity contribution is 7.84. The molecule has 0 saturated carbocycles. The third-order valence-corrected chi connectivity index (χ3v) is 2.79. The van der Waals surface area contributed by atoms with Crippen LogP contribution in [-0.2, 0) is 17.0 Å². The minimum Gasteiger partial charge on any atom is -0.369 e. The first-order valence-corrected chi connectivity index (χ1v) is 6.68. The molecule has 17 heavy (non-hydrogen) atoms. The average Bonchev–Trinajstić information content (AvgIpc) is 2.14. The lowest BCUT2D eigenvalue weighted by Crippen LogP contribution is -2.12. The Morgan fingerprint density at radius 3 is 2.65 bits per heavy atom. The number of anilines is 1. The Labute approximate surface area is 104 Å². The summed E-state index contributed by atoms with van der Waals surface area (Å²) in [6.45, 7) is 0.272. The molecule has 0 aliphatic rings. The summed E-state index contributed by atoms with van der Waals surface area (Å²) in [7, 11) is -1.01. The standard InChI is InChI=1S/C9H10ClF3N2OS/c1-17(16)3-2-14-8-5-6(9(11,12)13)4-7(10)15-8/h4-5H,2-3H2,1H3,(H,14,15). The van der Waals surface area contributed by atoms with Gasteiger partial charge in [0, 0.05) is 29.4 Å². The average molecular weight is 287 g/mol. The second-order valence-electron chi connectivity index (χ2n) is 3.27. The second kappa shape index (κ2) is 5.68. The fraction of sp³-hybridized carbons (Fsp3) is 0.444. The van der Waals surface area contributed by atoms with Gasteiger partial charge in [0.15, 0.2) is 0 Å². The quantitative estimate of drug-likeness (QED) is 0.865. The molecule has 0 aromatic carbocycles. The highest BCUT2D eigenvalue weighted by Gasteiger charge is 2.31. The number of alkyl halides is 3. The van der Waals surface area contributed by atoms with Crippen LogP contribution in [0.3, 0.4) is 0 Å². The summed E-state index contributed by atoms with van der Waals surface area (Å²) in [6, 6.07) is 1.62. The lowest BCUT2D eigenvalue weighted by atomic mass is 10.2. The number of nitrogens with zero attached hydrogens (tertiary/aromatic N) is 1. The molecule has 1 heterocycles. The third-order valence-electron chi connectivity index (χ3n) is 1.82. The SMILES string of the molecule is CS(=O)CCNc1cc(C(F)(F)F)cc(Cl)n1. The number of pyridine rings is 1. The molecule has 0 spiro atoms. The van der Waals surface area contributed by atoms with Crippen LogP contribution in [0.4, 0.5) is 19.0 Å². The fourth-order valence-corrected chi connectivity index (χ4v) is 1.67. The Bertz CT molecular complexity index is 425. The van der Waals surface area contributed by atoms with Gasteiger partial charge in [-0.3, -0.25) is 4.21 Å². The van der Waals surface area contributed by atoms with E-state index in [2.05, 4.69) is 10.3 Å². The molecule has 96 valence electrons. The maximum atomic E-state index is 12.4. The topological polar surface area (TPSA) is 42.0 Å². The highest BCUT2D eigenvalue weighted by atomic mass is 35.5. The second-order valence-corrected chi connectivity index (χ2v) is 5.21. The van der Waals surface area contributed by atoms with Gasteiger partial charge in [-0.25, -0.2) is 4.98 Å². The van der Waals surface area contributed by atoms with Crippen LogP contribution in [0.5, 0.6) is 0 Å². The summed E-state index contributed by atoms with van der Waals surface area (Å²) in [4.78, 5) is 3.70. The van der Waals surface area contributed by atoms with Crippen LogP contribution >= 0.6 is 11.6 Å². The molecule has 0 fully saturated rings. The summed E-state index contributed by atoms with van der Waals surface area (Å²) in [5.41, 5.74) is -0.863. The Kier molecular flexibility index (Phi) is 4.76. The molecule has 1 aromatic rings. The van der Waals surface area contributed by atoms with E-state index >= 15 is 0 Å². The molecule has 0 aliphatic carbocycles. The van der Waals surface area contributed by atoms with Crippen molar-refractivity contribution in [1.29, 1.82) is 0 Å². The smallest absolute Gasteiger partial charge is 0.369 e. The number of halogens is 4. The number of hydrogen-bond donors (Lipinski definition) is 1. The minimum absolute atomic E-state index is 0.0234. The van der Waals surface area contributed by atoms with E-state index in [4.69, 9.17) is 11.6 Å². The van der Waals surface area contributed by atoms with Crippen LogP contribution in [-0.4, -0.2) is 27.7 Å². The van der Waals surface area contributed by atoms with Crippen molar-refractivity contribution in [3.8, 4) is 0 Å². The molecule has 8 heteroatoms. The monoisotopic (exact) mass is 286 g/mol. The van der Waals surface area contributed by atoms with Crippen molar-refractivity contribution in [3.63, 3.8) is 0 Å². The Hall–Kier alpha value is -0.820. The van der Waals surface area contributed by atoms with Gasteiger partial charge in [-0.2, -0.15) is 13.2 Å². The zero-order chi connectivity index (χ0) is 13.1. The minimum atomic E-state index is -4.46. The van der Waals surface area contributed by atoms with Crippen molar-refractivity contribution in [1.82, 2.24) is 4.98 Å². The number of aromatic nitrogens is 1. The van der Waals surface area contributed by atoms with Crippen LogP contribution in [0, 0.1) is 0 Å².